The van der Waals surface area contributed by atoms with E-state index < -0.39 is 16.8 Å². The monoisotopic (exact) mass is 365 g/mol. The molecule has 0 bridgehead atoms. The summed E-state index contributed by atoms with van der Waals surface area (Å²) in [6.45, 7) is 2.05. The van der Waals surface area contributed by atoms with Crippen LogP contribution in [-0.4, -0.2) is 15.9 Å². The maximum atomic E-state index is 12.0. The van der Waals surface area contributed by atoms with Crippen LogP contribution in [0.2, 0.25) is 0 Å². The Morgan fingerprint density at radius 3 is 2.41 bits per heavy atom. The predicted octanol–water partition coefficient (Wildman–Crippen LogP) is 5.05. The Balaban J connectivity index is 1.77. The molecule has 1 N–H and O–H groups in total. The number of nitro benzene ring substituents is 1. The molecule has 0 aliphatic carbocycles. The zero-order valence-electron chi connectivity index (χ0n) is 14.3. The third kappa shape index (κ3) is 4.06. The van der Waals surface area contributed by atoms with Crippen LogP contribution in [-0.2, 0) is 6.42 Å². The highest BCUT2D eigenvalue weighted by molar-refractivity contribution is 5.94. The summed E-state index contributed by atoms with van der Waals surface area (Å²) in [6.07, 6.45) is 0.911. The first-order valence-electron chi connectivity index (χ1n) is 8.10. The number of amides is 1. The molecule has 0 saturated carbocycles. The Hall–Kier alpha value is -3.81. The van der Waals surface area contributed by atoms with Crippen molar-refractivity contribution < 1.29 is 19.2 Å². The number of hydrogen-bond acceptors (Lipinski definition) is 6. The summed E-state index contributed by atoms with van der Waals surface area (Å²) in [4.78, 5) is 22.1. The molecule has 0 unspecified atom stereocenters. The Bertz CT molecular complexity index is 1000. The van der Waals surface area contributed by atoms with E-state index in [-0.39, 0.29) is 16.9 Å². The highest BCUT2D eigenvalue weighted by atomic mass is 16.6. The number of carbonyl (C=O) groups is 1. The van der Waals surface area contributed by atoms with Gasteiger partial charge in [-0.05, 0) is 24.1 Å². The van der Waals surface area contributed by atoms with Crippen molar-refractivity contribution in [1.82, 2.24) is 0 Å². The topological polar surface area (TPSA) is 118 Å². The molecule has 1 aromatic heterocycles. The second-order valence-electron chi connectivity index (χ2n) is 5.66. The van der Waals surface area contributed by atoms with Crippen molar-refractivity contribution in [2.45, 2.75) is 13.3 Å². The Morgan fingerprint density at radius 1 is 1.15 bits per heavy atom. The first-order valence-corrected chi connectivity index (χ1v) is 8.10. The van der Waals surface area contributed by atoms with Gasteiger partial charge in [-0.1, -0.05) is 31.2 Å². The first kappa shape index (κ1) is 18.0. The van der Waals surface area contributed by atoms with E-state index in [0.717, 1.165) is 12.0 Å². The number of carbonyl (C=O) groups excluding carboxylic acids is 1. The SMILES string of the molecule is CCc1ccc(-c2cc(N=NC(=O)c3ccc([N+](=O)[O-])cc3)c(O)o2)cc1. The molecule has 1 amide bonds. The van der Waals surface area contributed by atoms with Crippen LogP contribution in [0.15, 0.2) is 69.2 Å². The van der Waals surface area contributed by atoms with Crippen LogP contribution in [0.4, 0.5) is 11.4 Å². The highest BCUT2D eigenvalue weighted by Crippen LogP contribution is 2.36. The molecule has 3 rings (SSSR count). The van der Waals surface area contributed by atoms with E-state index in [2.05, 4.69) is 10.2 Å². The lowest BCUT2D eigenvalue weighted by atomic mass is 10.1. The molecular formula is C19H15N3O5. The number of non-ortho nitro benzene ring substituents is 1. The lowest BCUT2D eigenvalue weighted by molar-refractivity contribution is -0.384. The Morgan fingerprint density at radius 2 is 1.81 bits per heavy atom. The van der Waals surface area contributed by atoms with Crippen LogP contribution >= 0.6 is 0 Å². The number of furan rings is 1. The Kier molecular flexibility index (Phi) is 5.07. The second-order valence-corrected chi connectivity index (χ2v) is 5.66. The number of aromatic hydroxyl groups is 1. The van der Waals surface area contributed by atoms with Crippen molar-refractivity contribution in [3.63, 3.8) is 0 Å². The largest absolute Gasteiger partial charge is 0.479 e. The number of hydrogen-bond donors (Lipinski definition) is 1. The van der Waals surface area contributed by atoms with E-state index in [1.54, 1.807) is 0 Å². The number of nitro groups is 1. The third-order valence-corrected chi connectivity index (χ3v) is 3.91. The average molecular weight is 365 g/mol. The van der Waals surface area contributed by atoms with Gasteiger partial charge in [-0.2, -0.15) is 0 Å². The number of benzene rings is 2. The fourth-order valence-electron chi connectivity index (χ4n) is 2.37. The van der Waals surface area contributed by atoms with Crippen molar-refractivity contribution in [1.29, 1.82) is 0 Å². The van der Waals surface area contributed by atoms with Crippen molar-refractivity contribution in [3.8, 4) is 17.3 Å². The minimum Gasteiger partial charge on any atom is -0.479 e. The molecule has 8 heteroatoms. The van der Waals surface area contributed by atoms with E-state index >= 15 is 0 Å². The predicted molar refractivity (Wildman–Crippen MR) is 97.1 cm³/mol. The van der Waals surface area contributed by atoms with Gasteiger partial charge < -0.3 is 9.52 Å². The molecule has 136 valence electrons. The van der Waals surface area contributed by atoms with Gasteiger partial charge >= 0.3 is 5.95 Å². The van der Waals surface area contributed by atoms with Gasteiger partial charge in [0.05, 0.1) is 4.92 Å². The van der Waals surface area contributed by atoms with Gasteiger partial charge in [-0.25, -0.2) is 0 Å². The highest BCUT2D eigenvalue weighted by Gasteiger charge is 2.13. The standard InChI is InChI=1S/C19H15N3O5/c1-2-12-3-5-13(6-4-12)17-11-16(19(24)27-17)20-21-18(23)14-7-9-15(10-8-14)22(25)26/h3-11,24H,2H2,1H3. The lowest BCUT2D eigenvalue weighted by Crippen LogP contribution is -1.94. The van der Waals surface area contributed by atoms with Gasteiger partial charge in [0.2, 0.25) is 0 Å². The van der Waals surface area contributed by atoms with E-state index in [4.69, 9.17) is 4.42 Å². The fourth-order valence-corrected chi connectivity index (χ4v) is 2.37. The van der Waals surface area contributed by atoms with Gasteiger partial charge in [0.25, 0.3) is 11.6 Å². The molecule has 0 aliphatic rings. The molecule has 0 spiro atoms. The van der Waals surface area contributed by atoms with Gasteiger partial charge in [-0.15, -0.1) is 10.2 Å². The van der Waals surface area contributed by atoms with E-state index in [1.807, 2.05) is 31.2 Å². The molecule has 27 heavy (non-hydrogen) atoms. The molecule has 1 heterocycles. The summed E-state index contributed by atoms with van der Waals surface area (Å²) in [5, 5.41) is 27.7. The normalized spacial score (nSPS) is 11.0. The molecule has 0 atom stereocenters. The van der Waals surface area contributed by atoms with Crippen molar-refractivity contribution >= 4 is 17.3 Å². The molecule has 0 radical (unpaired) electrons. The van der Waals surface area contributed by atoms with Crippen molar-refractivity contribution in [2.24, 2.45) is 10.2 Å². The Labute approximate surface area is 153 Å². The maximum absolute atomic E-state index is 12.0. The van der Waals surface area contributed by atoms with Gasteiger partial charge in [0.1, 0.15) is 5.76 Å². The van der Waals surface area contributed by atoms with E-state index in [1.165, 1.54) is 35.9 Å². The van der Waals surface area contributed by atoms with Crippen LogP contribution in [0.5, 0.6) is 5.95 Å². The molecule has 3 aromatic rings. The third-order valence-electron chi connectivity index (χ3n) is 3.91. The van der Waals surface area contributed by atoms with Crippen LogP contribution in [0.25, 0.3) is 11.3 Å². The molecule has 0 aliphatic heterocycles. The second kappa shape index (κ2) is 7.61. The number of nitrogens with zero attached hydrogens (tertiary/aromatic N) is 3. The maximum Gasteiger partial charge on any atom is 0.311 e. The summed E-state index contributed by atoms with van der Waals surface area (Å²) < 4.78 is 5.27. The molecule has 0 fully saturated rings. The summed E-state index contributed by atoms with van der Waals surface area (Å²) in [7, 11) is 0. The molecular weight excluding hydrogens is 350 g/mol. The van der Waals surface area contributed by atoms with Crippen LogP contribution in [0.1, 0.15) is 22.8 Å². The zero-order valence-corrected chi connectivity index (χ0v) is 14.3. The van der Waals surface area contributed by atoms with Crippen molar-refractivity contribution in [2.75, 3.05) is 0 Å². The summed E-state index contributed by atoms with van der Waals surface area (Å²) in [5.41, 5.74) is 1.95. The van der Waals surface area contributed by atoms with Crippen LogP contribution in [0.3, 0.4) is 0 Å². The van der Waals surface area contributed by atoms with Crippen LogP contribution in [0, 0.1) is 10.1 Å². The summed E-state index contributed by atoms with van der Waals surface area (Å²) >= 11 is 0. The van der Waals surface area contributed by atoms with Crippen molar-refractivity contribution in [3.05, 3.63) is 75.8 Å². The number of rotatable bonds is 5. The van der Waals surface area contributed by atoms with Gasteiger partial charge in [-0.3, -0.25) is 14.9 Å². The number of aryl methyl sites for hydroxylation is 1. The summed E-state index contributed by atoms with van der Waals surface area (Å²) in [6, 6.07) is 14.1. The zero-order chi connectivity index (χ0) is 19.4. The minimum absolute atomic E-state index is 0.0137. The first-order chi connectivity index (χ1) is 13.0. The molecule has 0 saturated heterocycles. The summed E-state index contributed by atoms with van der Waals surface area (Å²) in [5.74, 6) is -0.754. The molecule has 8 nitrogen and oxygen atoms in total. The average Bonchev–Trinajstić information content (AvgIpc) is 3.07. The molecule has 2 aromatic carbocycles. The quantitative estimate of drug-likeness (QED) is 0.386. The smallest absolute Gasteiger partial charge is 0.311 e. The van der Waals surface area contributed by atoms with Crippen LogP contribution < -0.4 is 0 Å². The van der Waals surface area contributed by atoms with Gasteiger partial charge in [0.15, 0.2) is 5.69 Å². The number of azo groups is 1. The van der Waals surface area contributed by atoms with E-state index in [9.17, 15) is 20.0 Å². The minimum atomic E-state index is -0.695. The van der Waals surface area contributed by atoms with E-state index in [0.29, 0.717) is 5.76 Å². The lowest BCUT2D eigenvalue weighted by Gasteiger charge is -1.98. The fraction of sp³-hybridized carbons (Fsp3) is 0.105. The van der Waals surface area contributed by atoms with Gasteiger partial charge in [0, 0.05) is 29.3 Å².